The summed E-state index contributed by atoms with van der Waals surface area (Å²) >= 11 is 0. The van der Waals surface area contributed by atoms with Crippen molar-refractivity contribution >= 4 is 0 Å². The summed E-state index contributed by atoms with van der Waals surface area (Å²) in [6.07, 6.45) is 3.42. The average molecular weight is 384 g/mol. The van der Waals surface area contributed by atoms with E-state index in [1.54, 1.807) is 13.2 Å². The molecule has 6 nitrogen and oxygen atoms in total. The number of likely N-dealkylation sites (tertiary alicyclic amines) is 1. The minimum atomic E-state index is 0.0878. The highest BCUT2D eigenvalue weighted by molar-refractivity contribution is 5.33. The second kappa shape index (κ2) is 8.27. The van der Waals surface area contributed by atoms with Crippen LogP contribution in [0.25, 0.3) is 0 Å². The van der Waals surface area contributed by atoms with Gasteiger partial charge in [-0.05, 0) is 61.1 Å². The number of hydrogen-bond acceptors (Lipinski definition) is 6. The predicted molar refractivity (Wildman–Crippen MR) is 106 cm³/mol. The Morgan fingerprint density at radius 2 is 1.64 bits per heavy atom. The van der Waals surface area contributed by atoms with Crippen LogP contribution < -0.4 is 14.2 Å². The highest BCUT2D eigenvalue weighted by atomic mass is 16.5. The molecular formula is C22H28N2O4. The van der Waals surface area contributed by atoms with Gasteiger partial charge < -0.3 is 24.2 Å². The molecule has 4 rings (SSSR count). The van der Waals surface area contributed by atoms with Crippen molar-refractivity contribution in [3.63, 3.8) is 0 Å². The Kier molecular flexibility index (Phi) is 5.57. The van der Waals surface area contributed by atoms with E-state index in [1.807, 2.05) is 30.3 Å². The summed E-state index contributed by atoms with van der Waals surface area (Å²) in [5.74, 6) is 3.59. The minimum Gasteiger partial charge on any atom is -0.503 e. The molecule has 1 N–H and O–H groups in total. The summed E-state index contributed by atoms with van der Waals surface area (Å²) in [4.78, 5) is 6.90. The zero-order valence-corrected chi connectivity index (χ0v) is 16.5. The van der Waals surface area contributed by atoms with E-state index in [2.05, 4.69) is 9.88 Å². The van der Waals surface area contributed by atoms with E-state index in [0.29, 0.717) is 23.8 Å². The number of fused-ring (bicyclic) bond motifs is 1. The van der Waals surface area contributed by atoms with Crippen molar-refractivity contribution < 1.29 is 19.3 Å². The first-order valence-corrected chi connectivity index (χ1v) is 9.90. The van der Waals surface area contributed by atoms with Crippen molar-refractivity contribution in [2.75, 3.05) is 33.9 Å². The van der Waals surface area contributed by atoms with Gasteiger partial charge in [0.15, 0.2) is 5.75 Å². The van der Waals surface area contributed by atoms with Gasteiger partial charge in [0.05, 0.1) is 20.3 Å². The second-order valence-corrected chi connectivity index (χ2v) is 7.75. The first-order chi connectivity index (χ1) is 13.6. The third kappa shape index (κ3) is 4.17. The zero-order valence-electron chi connectivity index (χ0n) is 16.5. The Morgan fingerprint density at radius 1 is 0.964 bits per heavy atom. The van der Waals surface area contributed by atoms with E-state index in [9.17, 15) is 5.11 Å². The second-order valence-electron chi connectivity index (χ2n) is 7.75. The molecule has 1 unspecified atom stereocenters. The molecule has 2 aliphatic rings. The fourth-order valence-electron chi connectivity index (χ4n) is 4.50. The smallest absolute Gasteiger partial charge is 0.256 e. The molecule has 1 aliphatic heterocycles. The van der Waals surface area contributed by atoms with Gasteiger partial charge in [-0.2, -0.15) is 0 Å². The summed E-state index contributed by atoms with van der Waals surface area (Å²) in [5, 5.41) is 9.66. The van der Waals surface area contributed by atoms with E-state index < -0.39 is 0 Å². The molecule has 2 heterocycles. The maximum Gasteiger partial charge on any atom is 0.256 e. The van der Waals surface area contributed by atoms with Crippen molar-refractivity contribution in [1.29, 1.82) is 0 Å². The van der Waals surface area contributed by atoms with E-state index >= 15 is 0 Å². The van der Waals surface area contributed by atoms with Gasteiger partial charge >= 0.3 is 0 Å². The van der Waals surface area contributed by atoms with Crippen LogP contribution in [0.4, 0.5) is 0 Å². The van der Waals surface area contributed by atoms with Crippen molar-refractivity contribution in [3.05, 3.63) is 42.1 Å². The Morgan fingerprint density at radius 3 is 2.29 bits per heavy atom. The van der Waals surface area contributed by atoms with Gasteiger partial charge in [-0.25, -0.2) is 4.98 Å². The minimum absolute atomic E-state index is 0.0878. The monoisotopic (exact) mass is 384 g/mol. The molecule has 0 spiro atoms. The molecule has 2 fully saturated rings. The normalized spacial score (nSPS) is 24.1. The molecular weight excluding hydrogens is 356 g/mol. The number of pyridine rings is 1. The average Bonchev–Trinajstić information content (AvgIpc) is 3.26. The van der Waals surface area contributed by atoms with E-state index in [1.165, 1.54) is 7.11 Å². The SMILES string of the molecule is COc1ccc(OC2C[C@@H]3CN(CCc4ccc(O)c(OC)n4)C[C@@H]3C2)cc1. The van der Waals surface area contributed by atoms with Gasteiger partial charge in [-0.15, -0.1) is 0 Å². The largest absolute Gasteiger partial charge is 0.503 e. The van der Waals surface area contributed by atoms with Gasteiger partial charge in [-0.3, -0.25) is 0 Å². The molecule has 0 bridgehead atoms. The lowest BCUT2D eigenvalue weighted by Crippen LogP contribution is -2.26. The Bertz CT molecular complexity index is 782. The summed E-state index contributed by atoms with van der Waals surface area (Å²) in [6.45, 7) is 3.24. The zero-order chi connectivity index (χ0) is 19.5. The highest BCUT2D eigenvalue weighted by Crippen LogP contribution is 2.40. The lowest BCUT2D eigenvalue weighted by molar-refractivity contribution is 0.185. The number of hydrogen-bond donors (Lipinski definition) is 1. The number of aromatic hydroxyl groups is 1. The maximum atomic E-state index is 9.66. The Balaban J connectivity index is 1.25. The third-order valence-electron chi connectivity index (χ3n) is 5.92. The molecule has 0 radical (unpaired) electrons. The van der Waals surface area contributed by atoms with E-state index in [-0.39, 0.29) is 5.75 Å². The van der Waals surface area contributed by atoms with Gasteiger partial charge in [-0.1, -0.05) is 0 Å². The Labute approximate surface area is 166 Å². The molecule has 1 aliphatic carbocycles. The number of aromatic nitrogens is 1. The van der Waals surface area contributed by atoms with Crippen molar-refractivity contribution in [2.24, 2.45) is 11.8 Å². The van der Waals surface area contributed by atoms with Gasteiger partial charge in [0.25, 0.3) is 5.88 Å². The van der Waals surface area contributed by atoms with Crippen LogP contribution in [0.1, 0.15) is 18.5 Å². The van der Waals surface area contributed by atoms with Gasteiger partial charge in [0, 0.05) is 31.7 Å². The van der Waals surface area contributed by atoms with Crippen LogP contribution in [-0.4, -0.2) is 54.9 Å². The van der Waals surface area contributed by atoms with Crippen LogP contribution in [0.15, 0.2) is 36.4 Å². The number of benzene rings is 1. The summed E-state index contributed by atoms with van der Waals surface area (Å²) in [6, 6.07) is 11.4. The van der Waals surface area contributed by atoms with Gasteiger partial charge in [0.2, 0.25) is 0 Å². The van der Waals surface area contributed by atoms with Crippen molar-refractivity contribution in [1.82, 2.24) is 9.88 Å². The number of nitrogens with zero attached hydrogens (tertiary/aromatic N) is 2. The van der Waals surface area contributed by atoms with Crippen LogP contribution in [0.3, 0.4) is 0 Å². The van der Waals surface area contributed by atoms with Crippen LogP contribution >= 0.6 is 0 Å². The first kappa shape index (κ1) is 18.9. The van der Waals surface area contributed by atoms with Crippen LogP contribution in [0, 0.1) is 11.8 Å². The number of ether oxygens (including phenoxy) is 3. The molecule has 28 heavy (non-hydrogen) atoms. The fraction of sp³-hybridized carbons (Fsp3) is 0.500. The highest BCUT2D eigenvalue weighted by Gasteiger charge is 2.41. The number of rotatable bonds is 7. The van der Waals surface area contributed by atoms with Gasteiger partial charge in [0.1, 0.15) is 11.5 Å². The predicted octanol–water partition coefficient (Wildman–Crippen LogP) is 3.14. The molecule has 6 heteroatoms. The fourth-order valence-corrected chi connectivity index (χ4v) is 4.50. The lowest BCUT2D eigenvalue weighted by atomic mass is 10.0. The quantitative estimate of drug-likeness (QED) is 0.791. The molecule has 2 aromatic rings. The summed E-state index contributed by atoms with van der Waals surface area (Å²) in [7, 11) is 3.20. The maximum absolute atomic E-state index is 9.66. The van der Waals surface area contributed by atoms with Crippen molar-refractivity contribution in [3.8, 4) is 23.1 Å². The van der Waals surface area contributed by atoms with Crippen LogP contribution in [0.2, 0.25) is 0 Å². The molecule has 1 aromatic carbocycles. The first-order valence-electron chi connectivity index (χ1n) is 9.90. The summed E-state index contributed by atoms with van der Waals surface area (Å²) in [5.41, 5.74) is 0.951. The molecule has 0 amide bonds. The summed E-state index contributed by atoms with van der Waals surface area (Å²) < 4.78 is 16.5. The molecule has 1 saturated carbocycles. The third-order valence-corrected chi connectivity index (χ3v) is 5.92. The number of methoxy groups -OCH3 is 2. The molecule has 3 atom stereocenters. The molecule has 1 aromatic heterocycles. The van der Waals surface area contributed by atoms with Crippen LogP contribution in [-0.2, 0) is 6.42 Å². The van der Waals surface area contributed by atoms with Crippen LogP contribution in [0.5, 0.6) is 23.1 Å². The molecule has 150 valence electrons. The van der Waals surface area contributed by atoms with E-state index in [4.69, 9.17) is 14.2 Å². The lowest BCUT2D eigenvalue weighted by Gasteiger charge is -2.20. The van der Waals surface area contributed by atoms with Crippen molar-refractivity contribution in [2.45, 2.75) is 25.4 Å². The Hall–Kier alpha value is -2.47. The standard InChI is InChI=1S/C22H28N2O4/c1-26-18-4-6-19(7-5-18)28-20-11-15-13-24(14-16(15)12-20)10-9-17-3-8-21(25)22(23-17)27-2/h3-8,15-16,20,25H,9-14H2,1-2H3/t15-,16+,20?. The van der Waals surface area contributed by atoms with E-state index in [0.717, 1.165) is 56.1 Å². The molecule has 1 saturated heterocycles. The topological polar surface area (TPSA) is 64.1 Å².